The first-order valence-electron chi connectivity index (χ1n) is 19.3. The van der Waals surface area contributed by atoms with E-state index < -0.39 is 5.41 Å². The van der Waals surface area contributed by atoms with Gasteiger partial charge in [-0.05, 0) is 92.5 Å². The summed E-state index contributed by atoms with van der Waals surface area (Å²) in [7, 11) is 0. The number of anilines is 3. The second-order valence-electron chi connectivity index (χ2n) is 16.0. The van der Waals surface area contributed by atoms with E-state index in [1.54, 1.807) is 0 Å². The molecule has 0 saturated heterocycles. The Kier molecular flexibility index (Phi) is 5.39. The first-order valence-corrected chi connectivity index (χ1v) is 19.3. The minimum Gasteiger partial charge on any atom is -0.452 e. The molecule has 0 bridgehead atoms. The average molecular weight is 703 g/mol. The third-order valence-electron chi connectivity index (χ3n) is 13.2. The summed E-state index contributed by atoms with van der Waals surface area (Å²) in [4.78, 5) is 2.43. The van der Waals surface area contributed by atoms with Gasteiger partial charge in [-0.3, -0.25) is 0 Å². The van der Waals surface area contributed by atoms with Crippen LogP contribution in [-0.2, 0) is 10.8 Å². The molecule has 55 heavy (non-hydrogen) atoms. The van der Waals surface area contributed by atoms with Crippen molar-refractivity contribution >= 4 is 38.9 Å². The molecule has 2 aliphatic carbocycles. The van der Waals surface area contributed by atoms with Crippen molar-refractivity contribution in [3.63, 3.8) is 0 Å². The molecule has 1 aromatic heterocycles. The number of nitrogens with zero attached hydrogens (tertiary/aromatic N) is 2. The largest absolute Gasteiger partial charge is 0.452 e. The molecule has 8 aromatic carbocycles. The number of para-hydroxylation sites is 5. The Labute approximate surface area is 319 Å². The van der Waals surface area contributed by atoms with Gasteiger partial charge < -0.3 is 14.2 Å². The molecule has 2 aliphatic heterocycles. The smallest absolute Gasteiger partial charge is 0.159 e. The van der Waals surface area contributed by atoms with Gasteiger partial charge in [0.1, 0.15) is 0 Å². The van der Waals surface area contributed by atoms with E-state index in [0.717, 1.165) is 34.1 Å². The Hall–Kier alpha value is -6.84. The van der Waals surface area contributed by atoms with Crippen LogP contribution in [0.5, 0.6) is 11.5 Å². The van der Waals surface area contributed by atoms with Gasteiger partial charge in [0.2, 0.25) is 0 Å². The zero-order valence-electron chi connectivity index (χ0n) is 30.5. The molecule has 0 fully saturated rings. The second kappa shape index (κ2) is 10.0. The Bertz CT molecular complexity index is 3180. The number of rotatable bonds is 1. The van der Waals surface area contributed by atoms with Gasteiger partial charge in [-0.1, -0.05) is 141 Å². The van der Waals surface area contributed by atoms with E-state index in [9.17, 15) is 0 Å². The molecular weight excluding hydrogens is 669 g/mol. The molecule has 1 unspecified atom stereocenters. The highest BCUT2D eigenvalue weighted by molar-refractivity contribution is 6.13. The lowest BCUT2D eigenvalue weighted by Gasteiger charge is -2.40. The summed E-state index contributed by atoms with van der Waals surface area (Å²) in [6, 6.07) is 63.0. The normalized spacial score (nSPS) is 17.2. The molecule has 0 amide bonds. The van der Waals surface area contributed by atoms with Crippen molar-refractivity contribution in [3.05, 3.63) is 203 Å². The van der Waals surface area contributed by atoms with Crippen LogP contribution in [0.15, 0.2) is 170 Å². The quantitative estimate of drug-likeness (QED) is 0.169. The summed E-state index contributed by atoms with van der Waals surface area (Å²) < 4.78 is 9.68. The number of ether oxygens (including phenoxy) is 1. The third-order valence-corrected chi connectivity index (χ3v) is 13.2. The van der Waals surface area contributed by atoms with Crippen molar-refractivity contribution in [2.45, 2.75) is 24.7 Å². The summed E-state index contributed by atoms with van der Waals surface area (Å²) in [5.74, 6) is 1.76. The Morgan fingerprint density at radius 1 is 0.455 bits per heavy atom. The molecular formula is C52H34N2O. The van der Waals surface area contributed by atoms with Crippen LogP contribution >= 0.6 is 0 Å². The van der Waals surface area contributed by atoms with E-state index in [1.807, 2.05) is 0 Å². The molecule has 13 rings (SSSR count). The van der Waals surface area contributed by atoms with Crippen LogP contribution in [0.2, 0.25) is 0 Å². The van der Waals surface area contributed by atoms with Crippen LogP contribution in [0, 0.1) is 0 Å². The lowest BCUT2D eigenvalue weighted by molar-refractivity contribution is 0.478. The molecule has 0 radical (unpaired) electrons. The van der Waals surface area contributed by atoms with Crippen molar-refractivity contribution < 1.29 is 4.74 Å². The SMILES string of the molecule is CC1(C)c2ccccc2-c2ccc(N3c4ccccc4Oc4c3ccc3c4-c4ccccc4C34c3ccccc3-n3c5ccccc5c5cccc4c53)cc21. The van der Waals surface area contributed by atoms with Crippen LogP contribution in [0.4, 0.5) is 17.1 Å². The van der Waals surface area contributed by atoms with Gasteiger partial charge in [0, 0.05) is 27.4 Å². The van der Waals surface area contributed by atoms with Crippen molar-refractivity contribution in [2.24, 2.45) is 0 Å². The number of hydrogen-bond acceptors (Lipinski definition) is 2. The Morgan fingerprint density at radius 2 is 1.13 bits per heavy atom. The molecule has 1 atom stereocenters. The highest BCUT2D eigenvalue weighted by atomic mass is 16.5. The predicted molar refractivity (Wildman–Crippen MR) is 224 cm³/mol. The number of hydrogen-bond donors (Lipinski definition) is 0. The van der Waals surface area contributed by atoms with Crippen molar-refractivity contribution in [1.29, 1.82) is 0 Å². The molecule has 3 heterocycles. The predicted octanol–water partition coefficient (Wildman–Crippen LogP) is 13.3. The van der Waals surface area contributed by atoms with E-state index in [2.05, 4.69) is 193 Å². The number of fused-ring (bicyclic) bond motifs is 18. The first-order chi connectivity index (χ1) is 27.1. The van der Waals surface area contributed by atoms with E-state index in [1.165, 1.54) is 77.6 Å². The summed E-state index contributed by atoms with van der Waals surface area (Å²) in [5, 5.41) is 2.56. The lowest BCUT2D eigenvalue weighted by Crippen LogP contribution is -2.33. The molecule has 0 saturated carbocycles. The second-order valence-corrected chi connectivity index (χ2v) is 16.0. The van der Waals surface area contributed by atoms with Gasteiger partial charge >= 0.3 is 0 Å². The molecule has 3 nitrogen and oxygen atoms in total. The molecule has 258 valence electrons. The minimum absolute atomic E-state index is 0.113. The maximum absolute atomic E-state index is 7.18. The van der Waals surface area contributed by atoms with Crippen LogP contribution < -0.4 is 9.64 Å². The average Bonchev–Trinajstić information content (AvgIpc) is 3.81. The van der Waals surface area contributed by atoms with Gasteiger partial charge in [0.25, 0.3) is 0 Å². The monoisotopic (exact) mass is 702 g/mol. The van der Waals surface area contributed by atoms with Crippen molar-refractivity contribution in [1.82, 2.24) is 4.57 Å². The summed E-state index contributed by atoms with van der Waals surface area (Å²) in [6.07, 6.45) is 0. The van der Waals surface area contributed by atoms with Crippen molar-refractivity contribution in [2.75, 3.05) is 4.90 Å². The molecule has 4 aliphatic rings. The Balaban J connectivity index is 1.11. The standard InChI is InChI=1S/C52H34N2O/c1-51(2)37-18-6-3-14-32(37)33-27-26-31(30-42(33)51)53-45-24-11-12-25-47(45)55-50-46(53)29-28-40-48(50)36-16-4-7-19-38(36)52(40)39-20-8-10-23-44(39)54-43-22-9-5-15-34(43)35-17-13-21-41(52)49(35)54/h3-30H,1-2H3. The zero-order valence-corrected chi connectivity index (χ0v) is 30.5. The summed E-state index contributed by atoms with van der Waals surface area (Å²) in [6.45, 7) is 4.71. The number of benzene rings is 8. The highest BCUT2D eigenvalue weighted by Gasteiger charge is 2.52. The highest BCUT2D eigenvalue weighted by Crippen LogP contribution is 2.66. The van der Waals surface area contributed by atoms with Crippen LogP contribution in [0.25, 0.3) is 49.7 Å². The maximum atomic E-state index is 7.18. The summed E-state index contributed by atoms with van der Waals surface area (Å²) in [5.41, 5.74) is 19.2. The van der Waals surface area contributed by atoms with Crippen LogP contribution in [0.3, 0.4) is 0 Å². The van der Waals surface area contributed by atoms with Gasteiger partial charge in [-0.25, -0.2) is 0 Å². The summed E-state index contributed by atoms with van der Waals surface area (Å²) >= 11 is 0. The molecule has 0 N–H and O–H groups in total. The third kappa shape index (κ3) is 3.40. The van der Waals surface area contributed by atoms with Crippen LogP contribution in [-0.4, -0.2) is 4.57 Å². The van der Waals surface area contributed by atoms with E-state index >= 15 is 0 Å². The lowest BCUT2D eigenvalue weighted by atomic mass is 9.65. The minimum atomic E-state index is -0.546. The molecule has 3 heteroatoms. The van der Waals surface area contributed by atoms with Crippen LogP contribution in [0.1, 0.15) is 47.2 Å². The zero-order chi connectivity index (χ0) is 36.2. The van der Waals surface area contributed by atoms with Gasteiger partial charge in [0.15, 0.2) is 11.5 Å². The van der Waals surface area contributed by atoms with Gasteiger partial charge in [-0.15, -0.1) is 0 Å². The van der Waals surface area contributed by atoms with Gasteiger partial charge in [0.05, 0.1) is 33.5 Å². The van der Waals surface area contributed by atoms with E-state index in [4.69, 9.17) is 4.74 Å². The molecule has 1 spiro atoms. The maximum Gasteiger partial charge on any atom is 0.159 e. The van der Waals surface area contributed by atoms with Gasteiger partial charge in [-0.2, -0.15) is 0 Å². The number of aromatic nitrogens is 1. The fourth-order valence-corrected chi connectivity index (χ4v) is 11.0. The Morgan fingerprint density at radius 3 is 2.02 bits per heavy atom. The molecule has 9 aromatic rings. The van der Waals surface area contributed by atoms with E-state index in [0.29, 0.717) is 0 Å². The fourth-order valence-electron chi connectivity index (χ4n) is 11.0. The van der Waals surface area contributed by atoms with E-state index in [-0.39, 0.29) is 5.41 Å². The first kappa shape index (κ1) is 29.6. The topological polar surface area (TPSA) is 17.4 Å². The fraction of sp³-hybridized carbons (Fsp3) is 0.0769. The van der Waals surface area contributed by atoms with Crippen molar-refractivity contribution in [3.8, 4) is 39.4 Å².